The van der Waals surface area contributed by atoms with Crippen LogP contribution in [0.4, 0.5) is 0 Å². The summed E-state index contributed by atoms with van der Waals surface area (Å²) in [5, 5.41) is 9.86. The maximum absolute atomic E-state index is 11.6. The molecule has 0 bridgehead atoms. The zero-order chi connectivity index (χ0) is 14.1. The summed E-state index contributed by atoms with van der Waals surface area (Å²) in [5.41, 5.74) is 0.109. The number of fused-ring (bicyclic) bond motifs is 1. The van der Waals surface area contributed by atoms with Crippen LogP contribution in [-0.4, -0.2) is 20.6 Å². The van der Waals surface area contributed by atoms with E-state index in [0.29, 0.717) is 11.0 Å². The second-order valence-corrected chi connectivity index (χ2v) is 4.23. The Labute approximate surface area is 112 Å². The molecule has 3 rings (SSSR count). The van der Waals surface area contributed by atoms with E-state index in [1.807, 2.05) is 0 Å². The third kappa shape index (κ3) is 1.97. The van der Waals surface area contributed by atoms with Gasteiger partial charge in [0.1, 0.15) is 16.9 Å². The second-order valence-electron chi connectivity index (χ2n) is 4.23. The van der Waals surface area contributed by atoms with E-state index in [2.05, 4.69) is 4.98 Å². The van der Waals surface area contributed by atoms with E-state index in [9.17, 15) is 14.7 Å². The van der Waals surface area contributed by atoms with Gasteiger partial charge in [0.2, 0.25) is 0 Å². The van der Waals surface area contributed by atoms with E-state index >= 15 is 0 Å². The van der Waals surface area contributed by atoms with Gasteiger partial charge < -0.3 is 9.52 Å². The predicted octanol–water partition coefficient (Wildman–Crippen LogP) is 1.74. The van der Waals surface area contributed by atoms with Crippen LogP contribution in [0.3, 0.4) is 0 Å². The largest absolute Gasteiger partial charge is 0.478 e. The van der Waals surface area contributed by atoms with Crippen molar-refractivity contribution in [2.45, 2.75) is 6.54 Å². The molecule has 6 nitrogen and oxygen atoms in total. The minimum atomic E-state index is -1.08. The molecule has 20 heavy (non-hydrogen) atoms. The Balaban J connectivity index is 2.16. The van der Waals surface area contributed by atoms with Crippen LogP contribution in [-0.2, 0) is 6.54 Å². The molecule has 6 heteroatoms. The number of nitrogens with zero attached hydrogens (tertiary/aromatic N) is 2. The number of aromatic carboxylic acids is 1. The molecule has 100 valence electrons. The van der Waals surface area contributed by atoms with Crippen molar-refractivity contribution < 1.29 is 14.3 Å². The average molecular weight is 270 g/mol. The highest BCUT2D eigenvalue weighted by Gasteiger charge is 2.20. The Morgan fingerprint density at radius 2 is 2.10 bits per heavy atom. The smallest absolute Gasteiger partial charge is 0.347 e. The van der Waals surface area contributed by atoms with Gasteiger partial charge in [-0.25, -0.2) is 14.6 Å². The van der Waals surface area contributed by atoms with Crippen LogP contribution in [0.5, 0.6) is 0 Å². The van der Waals surface area contributed by atoms with Crippen LogP contribution in [0.2, 0.25) is 0 Å². The van der Waals surface area contributed by atoms with Crippen LogP contribution >= 0.6 is 0 Å². The lowest BCUT2D eigenvalue weighted by Crippen LogP contribution is -2.22. The molecule has 0 aliphatic rings. The predicted molar refractivity (Wildman–Crippen MR) is 70.8 cm³/mol. The quantitative estimate of drug-likeness (QED) is 0.783. The van der Waals surface area contributed by atoms with Crippen molar-refractivity contribution in [3.63, 3.8) is 0 Å². The zero-order valence-corrected chi connectivity index (χ0v) is 10.3. The van der Waals surface area contributed by atoms with Crippen molar-refractivity contribution in [2.24, 2.45) is 0 Å². The maximum Gasteiger partial charge on any atom is 0.347 e. The van der Waals surface area contributed by atoms with Gasteiger partial charge in [-0.15, -0.1) is 0 Å². The van der Waals surface area contributed by atoms with Gasteiger partial charge in [-0.05, 0) is 12.1 Å². The van der Waals surface area contributed by atoms with Crippen molar-refractivity contribution in [3.8, 4) is 0 Å². The first-order valence-corrected chi connectivity index (χ1v) is 5.92. The zero-order valence-electron chi connectivity index (χ0n) is 10.3. The van der Waals surface area contributed by atoms with Crippen molar-refractivity contribution in [1.82, 2.24) is 9.55 Å². The summed E-state index contributed by atoms with van der Waals surface area (Å²) in [5.74, 6) is -0.851. The van der Waals surface area contributed by atoms with Gasteiger partial charge in [-0.2, -0.15) is 0 Å². The number of aromatic nitrogens is 2. The molecule has 0 spiro atoms. The monoisotopic (exact) mass is 270 g/mol. The molecule has 3 aromatic rings. The molecule has 0 amide bonds. The SMILES string of the molecule is O=C(O)c1c(Cn2cccnc2=O)oc2ccccc12. The summed E-state index contributed by atoms with van der Waals surface area (Å²) < 4.78 is 6.85. The van der Waals surface area contributed by atoms with Gasteiger partial charge >= 0.3 is 11.7 Å². The third-order valence-corrected chi connectivity index (χ3v) is 2.98. The fourth-order valence-electron chi connectivity index (χ4n) is 2.10. The molecule has 2 aromatic heterocycles. The lowest BCUT2D eigenvalue weighted by molar-refractivity contribution is 0.0696. The lowest BCUT2D eigenvalue weighted by atomic mass is 10.1. The normalized spacial score (nSPS) is 10.8. The van der Waals surface area contributed by atoms with Crippen molar-refractivity contribution in [3.05, 3.63) is 64.5 Å². The highest BCUT2D eigenvalue weighted by Crippen LogP contribution is 2.26. The summed E-state index contributed by atoms with van der Waals surface area (Å²) in [4.78, 5) is 26.6. The fraction of sp³-hybridized carbons (Fsp3) is 0.0714. The molecular formula is C14H10N2O4. The summed E-state index contributed by atoms with van der Waals surface area (Å²) in [6.07, 6.45) is 2.92. The highest BCUT2D eigenvalue weighted by molar-refractivity contribution is 6.03. The fourth-order valence-corrected chi connectivity index (χ4v) is 2.10. The molecule has 2 heterocycles. The molecule has 0 saturated heterocycles. The van der Waals surface area contributed by atoms with Crippen molar-refractivity contribution in [1.29, 1.82) is 0 Å². The van der Waals surface area contributed by atoms with Crippen molar-refractivity contribution in [2.75, 3.05) is 0 Å². The van der Waals surface area contributed by atoms with Crippen LogP contribution in [0.15, 0.2) is 51.9 Å². The number of para-hydroxylation sites is 1. The Kier molecular flexibility index (Phi) is 2.83. The third-order valence-electron chi connectivity index (χ3n) is 2.98. The number of furan rings is 1. The van der Waals surface area contributed by atoms with Gasteiger partial charge in [0, 0.05) is 17.8 Å². The van der Waals surface area contributed by atoms with E-state index in [1.54, 1.807) is 30.3 Å². The van der Waals surface area contributed by atoms with Gasteiger partial charge in [-0.1, -0.05) is 18.2 Å². The minimum absolute atomic E-state index is 0.0307. The first kappa shape index (κ1) is 12.2. The van der Waals surface area contributed by atoms with Gasteiger partial charge in [0.05, 0.1) is 6.54 Å². The summed E-state index contributed by atoms with van der Waals surface area (Å²) >= 11 is 0. The molecule has 0 radical (unpaired) electrons. The Hall–Kier alpha value is -2.89. The molecule has 0 saturated carbocycles. The summed E-state index contributed by atoms with van der Waals surface area (Å²) in [6.45, 7) is 0.0307. The maximum atomic E-state index is 11.6. The van der Waals surface area contributed by atoms with E-state index in [-0.39, 0.29) is 17.9 Å². The van der Waals surface area contributed by atoms with Gasteiger partial charge in [0.15, 0.2) is 0 Å². The van der Waals surface area contributed by atoms with Gasteiger partial charge in [-0.3, -0.25) is 4.57 Å². The van der Waals surface area contributed by atoms with Crippen LogP contribution in [0, 0.1) is 0 Å². The lowest BCUT2D eigenvalue weighted by Gasteiger charge is -2.02. The summed E-state index contributed by atoms with van der Waals surface area (Å²) in [6, 6.07) is 8.47. The van der Waals surface area contributed by atoms with E-state index in [4.69, 9.17) is 4.42 Å². The molecule has 1 aromatic carbocycles. The topological polar surface area (TPSA) is 85.3 Å². The number of carboxylic acid groups (broad SMARTS) is 1. The molecule has 1 N–H and O–H groups in total. The number of benzene rings is 1. The number of carboxylic acids is 1. The molecular weight excluding hydrogens is 260 g/mol. The molecule has 0 atom stereocenters. The van der Waals surface area contributed by atoms with Gasteiger partial charge in [0.25, 0.3) is 0 Å². The first-order valence-electron chi connectivity index (χ1n) is 5.92. The highest BCUT2D eigenvalue weighted by atomic mass is 16.4. The van der Waals surface area contributed by atoms with Crippen LogP contribution < -0.4 is 5.69 Å². The van der Waals surface area contributed by atoms with Crippen molar-refractivity contribution >= 4 is 16.9 Å². The standard InChI is InChI=1S/C14H10N2O4/c17-13(18)12-9-4-1-2-5-10(9)20-11(12)8-16-7-3-6-15-14(16)19/h1-7H,8H2,(H,17,18). The molecule has 0 aliphatic heterocycles. The molecule has 0 unspecified atom stereocenters. The van der Waals surface area contributed by atoms with E-state index in [0.717, 1.165) is 0 Å². The first-order chi connectivity index (χ1) is 9.66. The van der Waals surface area contributed by atoms with E-state index in [1.165, 1.54) is 17.0 Å². The summed E-state index contributed by atoms with van der Waals surface area (Å²) in [7, 11) is 0. The number of hydrogen-bond acceptors (Lipinski definition) is 4. The minimum Gasteiger partial charge on any atom is -0.478 e. The van der Waals surface area contributed by atoms with Crippen LogP contribution in [0.25, 0.3) is 11.0 Å². The second kappa shape index (κ2) is 4.65. The number of hydrogen-bond donors (Lipinski definition) is 1. The Morgan fingerprint density at radius 1 is 1.30 bits per heavy atom. The molecule has 0 fully saturated rings. The number of rotatable bonds is 3. The molecule has 0 aliphatic carbocycles. The van der Waals surface area contributed by atoms with Crippen LogP contribution in [0.1, 0.15) is 16.1 Å². The Bertz CT molecular complexity index is 848. The van der Waals surface area contributed by atoms with E-state index < -0.39 is 11.7 Å². The average Bonchev–Trinajstić information content (AvgIpc) is 2.79. The number of carbonyl (C=O) groups is 1. The Morgan fingerprint density at radius 3 is 2.85 bits per heavy atom.